The average molecular weight is 612 g/mol. The number of rotatable bonds is 13. The first-order valence-corrected chi connectivity index (χ1v) is 13.9. The molecule has 0 radical (unpaired) electrons. The van der Waals surface area contributed by atoms with Gasteiger partial charge in [-0.3, -0.25) is 9.78 Å². The third-order valence-electron chi connectivity index (χ3n) is 6.55. The molecular weight excluding hydrogens is 579 g/mol. The molecule has 4 aromatic rings. The maximum absolute atomic E-state index is 10.8. The first kappa shape index (κ1) is 31.2. The van der Waals surface area contributed by atoms with Crippen molar-refractivity contribution in [3.05, 3.63) is 82.0 Å². The Kier molecular flexibility index (Phi) is 10.7. The number of carbonyl (C=O) groups is 1. The molecule has 2 aromatic carbocycles. The first-order chi connectivity index (χ1) is 20.2. The topological polar surface area (TPSA) is 126 Å². The minimum atomic E-state index is -1.06. The highest BCUT2D eigenvalue weighted by Gasteiger charge is 2.18. The summed E-state index contributed by atoms with van der Waals surface area (Å²) < 4.78 is 11.0. The summed E-state index contributed by atoms with van der Waals surface area (Å²) in [6.45, 7) is 1.12. The molecule has 0 amide bonds. The molecule has 2 aromatic heterocycles. The predicted octanol–water partition coefficient (Wildman–Crippen LogP) is 5.45. The van der Waals surface area contributed by atoms with Crippen LogP contribution in [0.5, 0.6) is 11.6 Å². The Morgan fingerprint density at radius 1 is 0.976 bits per heavy atom. The van der Waals surface area contributed by atoms with Crippen molar-refractivity contribution in [3.63, 3.8) is 0 Å². The molecule has 4 rings (SSSR count). The number of aromatic nitrogens is 2. The number of hydrogen-bond donors (Lipinski definition) is 4. The van der Waals surface area contributed by atoms with Gasteiger partial charge < -0.3 is 30.3 Å². The minimum Gasteiger partial charge on any atom is -0.497 e. The lowest BCUT2D eigenvalue weighted by molar-refractivity contribution is -0.139. The van der Waals surface area contributed by atoms with Gasteiger partial charge in [0.1, 0.15) is 5.75 Å². The standard InChI is InChI=1S/C31H32Cl2N4O5/c1-34-16-19-7-8-26(37-31(19)42-3)25-6-4-5-23(28(25)32)24-9-10-36-30(29(24)33)20-11-18(12-22(13-20)41-2)15-35-17-21(38)14-27(39)40/h4-13,21,34-35,38H,14-17H2,1-3H3,(H,39,40)/t21-/m0/s1. The van der Waals surface area contributed by atoms with Crippen LogP contribution in [0.2, 0.25) is 10.0 Å². The Bertz CT molecular complexity index is 1570. The normalized spacial score (nSPS) is 11.8. The van der Waals surface area contributed by atoms with E-state index in [2.05, 4.69) is 20.6 Å². The first-order valence-electron chi connectivity index (χ1n) is 13.2. The third-order valence-corrected chi connectivity index (χ3v) is 7.34. The minimum absolute atomic E-state index is 0.126. The van der Waals surface area contributed by atoms with Crippen molar-refractivity contribution in [1.82, 2.24) is 20.6 Å². The van der Waals surface area contributed by atoms with E-state index in [1.54, 1.807) is 20.4 Å². The molecule has 0 saturated carbocycles. The zero-order chi connectivity index (χ0) is 30.2. The number of methoxy groups -OCH3 is 2. The van der Waals surface area contributed by atoms with Crippen molar-refractivity contribution in [2.75, 3.05) is 27.8 Å². The van der Waals surface area contributed by atoms with Gasteiger partial charge in [0, 0.05) is 53.6 Å². The second kappa shape index (κ2) is 14.4. The van der Waals surface area contributed by atoms with Gasteiger partial charge in [-0.05, 0) is 42.9 Å². The quantitative estimate of drug-likeness (QED) is 0.156. The van der Waals surface area contributed by atoms with Crippen LogP contribution in [0.15, 0.2) is 60.8 Å². The molecule has 0 aliphatic heterocycles. The molecule has 0 unspecified atom stereocenters. The van der Waals surface area contributed by atoms with Gasteiger partial charge in [0.05, 0.1) is 48.2 Å². The SMILES string of the molecule is CNCc1ccc(-c2cccc(-c3ccnc(-c4cc(CNC[C@@H](O)CC(=O)O)cc(OC)c4)c3Cl)c2Cl)nc1OC. The zero-order valence-corrected chi connectivity index (χ0v) is 25.0. The number of ether oxygens (including phenoxy) is 2. The molecule has 11 heteroatoms. The van der Waals surface area contributed by atoms with Crippen LogP contribution in [0.4, 0.5) is 0 Å². The van der Waals surface area contributed by atoms with Crippen LogP contribution in [0.1, 0.15) is 17.5 Å². The number of aliphatic carboxylic acids is 1. The fourth-order valence-corrected chi connectivity index (χ4v) is 5.23. The van der Waals surface area contributed by atoms with Crippen molar-refractivity contribution < 1.29 is 24.5 Å². The van der Waals surface area contributed by atoms with Crippen LogP contribution in [0.25, 0.3) is 33.6 Å². The molecule has 9 nitrogen and oxygen atoms in total. The summed E-state index contributed by atoms with van der Waals surface area (Å²) in [4.78, 5) is 20.1. The summed E-state index contributed by atoms with van der Waals surface area (Å²) in [6, 6.07) is 17.0. The summed E-state index contributed by atoms with van der Waals surface area (Å²) in [7, 11) is 5.02. The molecule has 0 fully saturated rings. The smallest absolute Gasteiger partial charge is 0.306 e. The van der Waals surface area contributed by atoms with E-state index in [0.717, 1.165) is 27.8 Å². The lowest BCUT2D eigenvalue weighted by atomic mass is 9.99. The number of aliphatic hydroxyl groups is 1. The monoisotopic (exact) mass is 610 g/mol. The molecule has 0 aliphatic carbocycles. The number of benzene rings is 2. The van der Waals surface area contributed by atoms with E-state index >= 15 is 0 Å². The van der Waals surface area contributed by atoms with E-state index in [1.165, 1.54) is 0 Å². The van der Waals surface area contributed by atoms with Crippen LogP contribution in [-0.4, -0.2) is 60.1 Å². The Balaban J connectivity index is 1.68. The van der Waals surface area contributed by atoms with Crippen molar-refractivity contribution in [2.45, 2.75) is 25.6 Å². The largest absolute Gasteiger partial charge is 0.497 e. The molecule has 0 aliphatic rings. The Labute approximate surface area is 254 Å². The Morgan fingerprint density at radius 3 is 2.45 bits per heavy atom. The van der Waals surface area contributed by atoms with E-state index < -0.39 is 12.1 Å². The van der Waals surface area contributed by atoms with E-state index in [-0.39, 0.29) is 13.0 Å². The molecule has 42 heavy (non-hydrogen) atoms. The number of aliphatic hydroxyl groups excluding tert-OH is 1. The highest BCUT2D eigenvalue weighted by molar-refractivity contribution is 6.39. The van der Waals surface area contributed by atoms with E-state index in [0.29, 0.717) is 51.7 Å². The number of carboxylic acids is 1. The van der Waals surface area contributed by atoms with E-state index in [9.17, 15) is 9.90 Å². The van der Waals surface area contributed by atoms with Crippen LogP contribution in [-0.2, 0) is 17.9 Å². The van der Waals surface area contributed by atoms with Crippen molar-refractivity contribution in [1.29, 1.82) is 0 Å². The van der Waals surface area contributed by atoms with Gasteiger partial charge in [-0.2, -0.15) is 0 Å². The zero-order valence-electron chi connectivity index (χ0n) is 23.4. The maximum Gasteiger partial charge on any atom is 0.306 e. The Morgan fingerprint density at radius 2 is 1.74 bits per heavy atom. The molecule has 1 atom stereocenters. The van der Waals surface area contributed by atoms with Crippen molar-refractivity contribution in [2.24, 2.45) is 0 Å². The average Bonchev–Trinajstić information content (AvgIpc) is 2.97. The fraction of sp³-hybridized carbons (Fsp3) is 0.258. The van der Waals surface area contributed by atoms with Crippen LogP contribution >= 0.6 is 23.2 Å². The fourth-order valence-electron chi connectivity index (χ4n) is 4.59. The number of carboxylic acid groups (broad SMARTS) is 1. The number of hydrogen-bond acceptors (Lipinski definition) is 8. The van der Waals surface area contributed by atoms with Gasteiger partial charge in [-0.25, -0.2) is 4.98 Å². The van der Waals surface area contributed by atoms with Gasteiger partial charge in [0.2, 0.25) is 5.88 Å². The van der Waals surface area contributed by atoms with Gasteiger partial charge in [0.15, 0.2) is 0 Å². The molecule has 0 saturated heterocycles. The second-order valence-electron chi connectivity index (χ2n) is 9.54. The molecule has 0 spiro atoms. The summed E-state index contributed by atoms with van der Waals surface area (Å²) in [5, 5.41) is 25.8. The number of nitrogens with zero attached hydrogens (tertiary/aromatic N) is 2. The molecule has 4 N–H and O–H groups in total. The maximum atomic E-state index is 10.8. The van der Waals surface area contributed by atoms with Crippen molar-refractivity contribution in [3.8, 4) is 45.3 Å². The molecule has 2 heterocycles. The molecular formula is C31H32Cl2N4O5. The summed E-state index contributed by atoms with van der Waals surface area (Å²) in [5.41, 5.74) is 5.87. The van der Waals surface area contributed by atoms with Crippen LogP contribution in [0.3, 0.4) is 0 Å². The second-order valence-corrected chi connectivity index (χ2v) is 10.3. The van der Waals surface area contributed by atoms with Crippen LogP contribution < -0.4 is 20.1 Å². The number of nitrogens with one attached hydrogen (secondary N) is 2. The van der Waals surface area contributed by atoms with Gasteiger partial charge >= 0.3 is 5.97 Å². The van der Waals surface area contributed by atoms with Crippen molar-refractivity contribution >= 4 is 29.2 Å². The number of pyridine rings is 2. The van der Waals surface area contributed by atoms with Crippen LogP contribution in [0, 0.1) is 0 Å². The summed E-state index contributed by atoms with van der Waals surface area (Å²) >= 11 is 14.0. The molecule has 0 bridgehead atoms. The van der Waals surface area contributed by atoms with Gasteiger partial charge in [-0.15, -0.1) is 0 Å². The lowest BCUT2D eigenvalue weighted by Gasteiger charge is -2.15. The number of halogens is 2. The van der Waals surface area contributed by atoms with E-state index in [4.69, 9.17) is 37.8 Å². The highest BCUT2D eigenvalue weighted by Crippen LogP contribution is 2.42. The predicted molar refractivity (Wildman–Crippen MR) is 164 cm³/mol. The van der Waals surface area contributed by atoms with Gasteiger partial charge in [-0.1, -0.05) is 47.5 Å². The molecule has 220 valence electrons. The summed E-state index contributed by atoms with van der Waals surface area (Å²) in [5.74, 6) is 0.0605. The third kappa shape index (κ3) is 7.36. The summed E-state index contributed by atoms with van der Waals surface area (Å²) in [6.07, 6.45) is 0.341. The lowest BCUT2D eigenvalue weighted by Crippen LogP contribution is -2.28. The van der Waals surface area contributed by atoms with E-state index in [1.807, 2.05) is 61.6 Å². The Hall–Kier alpha value is -3.73. The van der Waals surface area contributed by atoms with Gasteiger partial charge in [0.25, 0.3) is 0 Å². The highest BCUT2D eigenvalue weighted by atomic mass is 35.5.